The molecule has 0 spiro atoms. The van der Waals surface area contributed by atoms with Crippen LogP contribution in [-0.2, 0) is 4.79 Å². The fourth-order valence-electron chi connectivity index (χ4n) is 3.15. The molecule has 2 atom stereocenters. The molecule has 2 fully saturated rings. The van der Waals surface area contributed by atoms with Crippen LogP contribution in [0.15, 0.2) is 0 Å². The van der Waals surface area contributed by atoms with Gasteiger partial charge < -0.3 is 5.73 Å². The van der Waals surface area contributed by atoms with Crippen molar-refractivity contribution in [1.29, 1.82) is 0 Å². The van der Waals surface area contributed by atoms with Gasteiger partial charge in [0.1, 0.15) is 5.78 Å². The molecule has 0 saturated heterocycles. The first kappa shape index (κ1) is 10.2. The molecule has 2 saturated carbocycles. The van der Waals surface area contributed by atoms with E-state index in [1.54, 1.807) is 0 Å². The summed E-state index contributed by atoms with van der Waals surface area (Å²) in [5.74, 6) is 0.809. The molecule has 0 aliphatic heterocycles. The Hall–Kier alpha value is -0.370. The molecule has 2 unspecified atom stereocenters. The largest absolute Gasteiger partial charge is 0.327 e. The van der Waals surface area contributed by atoms with Crippen LogP contribution in [0.5, 0.6) is 0 Å². The first-order valence-electron chi connectivity index (χ1n) is 5.94. The molecule has 2 N–H and O–H groups in total. The molecule has 2 nitrogen and oxygen atoms in total. The second-order valence-corrected chi connectivity index (χ2v) is 5.26. The van der Waals surface area contributed by atoms with Crippen molar-refractivity contribution in [1.82, 2.24) is 0 Å². The van der Waals surface area contributed by atoms with Crippen LogP contribution >= 0.6 is 0 Å². The van der Waals surface area contributed by atoms with Crippen LogP contribution in [0.3, 0.4) is 0 Å². The van der Waals surface area contributed by atoms with E-state index in [0.717, 1.165) is 32.1 Å². The van der Waals surface area contributed by atoms with E-state index < -0.39 is 0 Å². The summed E-state index contributed by atoms with van der Waals surface area (Å²) in [6.07, 6.45) is 7.89. The quantitative estimate of drug-likeness (QED) is 0.734. The molecular weight excluding hydrogens is 174 g/mol. The molecule has 2 heteroatoms. The summed E-state index contributed by atoms with van der Waals surface area (Å²) in [5.41, 5.74) is 5.88. The van der Waals surface area contributed by atoms with E-state index in [1.165, 1.54) is 12.8 Å². The van der Waals surface area contributed by atoms with Gasteiger partial charge in [-0.3, -0.25) is 4.79 Å². The van der Waals surface area contributed by atoms with Gasteiger partial charge in [-0.15, -0.1) is 0 Å². The second-order valence-electron chi connectivity index (χ2n) is 5.26. The molecule has 0 aromatic rings. The zero-order valence-electron chi connectivity index (χ0n) is 9.09. The Labute approximate surface area is 86.2 Å². The van der Waals surface area contributed by atoms with Crippen LogP contribution < -0.4 is 5.73 Å². The van der Waals surface area contributed by atoms with E-state index in [1.807, 2.05) is 0 Å². The summed E-state index contributed by atoms with van der Waals surface area (Å²) in [4.78, 5) is 12.3. The number of rotatable bonds is 2. The van der Waals surface area contributed by atoms with Crippen LogP contribution in [0.25, 0.3) is 0 Å². The number of hydrogen-bond donors (Lipinski definition) is 1. The highest BCUT2D eigenvalue weighted by molar-refractivity contribution is 5.88. The fraction of sp³-hybridized carbons (Fsp3) is 0.917. The van der Waals surface area contributed by atoms with Gasteiger partial charge in [0, 0.05) is 17.4 Å². The lowest BCUT2D eigenvalue weighted by molar-refractivity contribution is -0.132. The third kappa shape index (κ3) is 1.50. The maximum Gasteiger partial charge on any atom is 0.143 e. The van der Waals surface area contributed by atoms with Gasteiger partial charge >= 0.3 is 0 Å². The fourth-order valence-corrected chi connectivity index (χ4v) is 3.15. The van der Waals surface area contributed by atoms with Gasteiger partial charge in [0.25, 0.3) is 0 Å². The van der Waals surface area contributed by atoms with Crippen molar-refractivity contribution >= 4 is 5.78 Å². The number of carbonyl (C=O) groups excluding carboxylic acids is 1. The third-order valence-electron chi connectivity index (χ3n) is 4.32. The molecule has 0 heterocycles. The predicted molar refractivity (Wildman–Crippen MR) is 56.9 cm³/mol. The molecule has 0 amide bonds. The zero-order chi connectivity index (χ0) is 10.2. The number of nitrogens with two attached hydrogens (primary N) is 1. The Morgan fingerprint density at radius 1 is 1.21 bits per heavy atom. The molecule has 14 heavy (non-hydrogen) atoms. The van der Waals surface area contributed by atoms with Crippen LogP contribution in [0.4, 0.5) is 0 Å². The first-order chi connectivity index (χ1) is 6.64. The highest BCUT2D eigenvalue weighted by atomic mass is 16.1. The minimum atomic E-state index is -0.186. The SMILES string of the molecule is CC1(C(=O)C2CCCC2)CCCC1N. The first-order valence-corrected chi connectivity index (χ1v) is 5.94. The Morgan fingerprint density at radius 3 is 2.36 bits per heavy atom. The second kappa shape index (κ2) is 3.65. The summed E-state index contributed by atoms with van der Waals surface area (Å²) in [6.45, 7) is 2.09. The van der Waals surface area contributed by atoms with E-state index in [9.17, 15) is 4.79 Å². The summed E-state index contributed by atoms with van der Waals surface area (Å²) in [7, 11) is 0. The van der Waals surface area contributed by atoms with E-state index in [4.69, 9.17) is 5.73 Å². The highest BCUT2D eigenvalue weighted by Crippen LogP contribution is 2.42. The van der Waals surface area contributed by atoms with E-state index >= 15 is 0 Å². The van der Waals surface area contributed by atoms with Gasteiger partial charge in [0.2, 0.25) is 0 Å². The molecule has 0 aromatic heterocycles. The van der Waals surface area contributed by atoms with Crippen LogP contribution in [0.1, 0.15) is 51.9 Å². The van der Waals surface area contributed by atoms with Gasteiger partial charge in [-0.05, 0) is 25.7 Å². The van der Waals surface area contributed by atoms with Crippen molar-refractivity contribution in [2.24, 2.45) is 17.1 Å². The lowest BCUT2D eigenvalue weighted by Gasteiger charge is -2.30. The summed E-state index contributed by atoms with van der Waals surface area (Å²) >= 11 is 0. The Balaban J connectivity index is 2.08. The number of carbonyl (C=O) groups is 1. The summed E-state index contributed by atoms with van der Waals surface area (Å²) in [5, 5.41) is 0. The smallest absolute Gasteiger partial charge is 0.143 e. The molecule has 80 valence electrons. The maximum atomic E-state index is 12.3. The van der Waals surface area contributed by atoms with Crippen molar-refractivity contribution in [3.8, 4) is 0 Å². The minimum Gasteiger partial charge on any atom is -0.327 e. The molecule has 0 aromatic carbocycles. The molecule has 2 rings (SSSR count). The number of ketones is 1. The van der Waals surface area contributed by atoms with Crippen LogP contribution in [0, 0.1) is 11.3 Å². The average molecular weight is 195 g/mol. The van der Waals surface area contributed by atoms with Crippen LogP contribution in [-0.4, -0.2) is 11.8 Å². The predicted octanol–water partition coefficient (Wildman–Crippen LogP) is 2.26. The van der Waals surface area contributed by atoms with Crippen molar-refractivity contribution in [3.63, 3.8) is 0 Å². The number of Topliss-reactive ketones (excluding diaryl/α,β-unsaturated/α-hetero) is 1. The number of hydrogen-bond acceptors (Lipinski definition) is 2. The molecule has 2 aliphatic rings. The van der Waals surface area contributed by atoms with Gasteiger partial charge in [0.05, 0.1) is 0 Å². The summed E-state index contributed by atoms with van der Waals surface area (Å²) < 4.78 is 0. The lowest BCUT2D eigenvalue weighted by Crippen LogP contribution is -2.43. The monoisotopic (exact) mass is 195 g/mol. The summed E-state index contributed by atoms with van der Waals surface area (Å²) in [6, 6.07) is 0.121. The van der Waals surface area contributed by atoms with Crippen molar-refractivity contribution in [3.05, 3.63) is 0 Å². The maximum absolute atomic E-state index is 12.3. The molecule has 2 aliphatic carbocycles. The zero-order valence-corrected chi connectivity index (χ0v) is 9.09. The van der Waals surface area contributed by atoms with Gasteiger partial charge in [-0.2, -0.15) is 0 Å². The minimum absolute atomic E-state index is 0.121. The van der Waals surface area contributed by atoms with Crippen molar-refractivity contribution < 1.29 is 4.79 Å². The van der Waals surface area contributed by atoms with Gasteiger partial charge in [0.15, 0.2) is 0 Å². The van der Waals surface area contributed by atoms with Crippen molar-refractivity contribution in [2.45, 2.75) is 57.9 Å². The molecular formula is C12H21NO. The Kier molecular flexibility index (Phi) is 2.65. The Morgan fingerprint density at radius 2 is 1.86 bits per heavy atom. The topological polar surface area (TPSA) is 43.1 Å². The molecule has 0 radical (unpaired) electrons. The molecule has 0 bridgehead atoms. The van der Waals surface area contributed by atoms with Gasteiger partial charge in [-0.1, -0.05) is 26.2 Å². The third-order valence-corrected chi connectivity index (χ3v) is 4.32. The highest BCUT2D eigenvalue weighted by Gasteiger charge is 2.45. The van der Waals surface area contributed by atoms with E-state index in [0.29, 0.717) is 11.7 Å². The van der Waals surface area contributed by atoms with Gasteiger partial charge in [-0.25, -0.2) is 0 Å². The average Bonchev–Trinajstić information content (AvgIpc) is 2.77. The van der Waals surface area contributed by atoms with Crippen molar-refractivity contribution in [2.75, 3.05) is 0 Å². The Bertz CT molecular complexity index is 232. The van der Waals surface area contributed by atoms with E-state index in [-0.39, 0.29) is 11.5 Å². The lowest BCUT2D eigenvalue weighted by atomic mass is 9.75. The van der Waals surface area contributed by atoms with E-state index in [2.05, 4.69) is 6.92 Å². The standard InChI is InChI=1S/C12H21NO/c1-12(8-4-7-10(12)13)11(14)9-5-2-3-6-9/h9-10H,2-8,13H2,1H3. The normalized spacial score (nSPS) is 39.1. The van der Waals surface area contributed by atoms with Crippen LogP contribution in [0.2, 0.25) is 0 Å².